The van der Waals surface area contributed by atoms with Crippen LogP contribution in [0.15, 0.2) is 24.3 Å². The molecule has 1 aromatic carbocycles. The van der Waals surface area contributed by atoms with E-state index < -0.39 is 17.7 Å². The zero-order valence-electron chi connectivity index (χ0n) is 14.1. The van der Waals surface area contributed by atoms with Gasteiger partial charge in [0, 0.05) is 18.5 Å². The van der Waals surface area contributed by atoms with Crippen molar-refractivity contribution in [3.05, 3.63) is 35.4 Å². The number of alkyl halides is 3. The number of rotatable bonds is 6. The van der Waals surface area contributed by atoms with Gasteiger partial charge in [-0.1, -0.05) is 19.1 Å². The second-order valence-corrected chi connectivity index (χ2v) is 6.43. The van der Waals surface area contributed by atoms with E-state index in [1.54, 1.807) is 4.90 Å². The molecule has 0 radical (unpaired) electrons. The van der Waals surface area contributed by atoms with E-state index in [4.69, 9.17) is 5.11 Å². The van der Waals surface area contributed by atoms with Crippen LogP contribution in [0.4, 0.5) is 13.2 Å². The molecule has 2 unspecified atom stereocenters. The second-order valence-electron chi connectivity index (χ2n) is 6.43. The van der Waals surface area contributed by atoms with Gasteiger partial charge in [-0.25, -0.2) is 0 Å². The van der Waals surface area contributed by atoms with E-state index in [1.165, 1.54) is 12.1 Å². The molecule has 1 saturated heterocycles. The van der Waals surface area contributed by atoms with Crippen LogP contribution in [-0.2, 0) is 22.2 Å². The van der Waals surface area contributed by atoms with E-state index in [9.17, 15) is 22.8 Å². The van der Waals surface area contributed by atoms with Gasteiger partial charge in [0.25, 0.3) is 0 Å². The number of carbonyl (C=O) groups excluding carboxylic acids is 1. The summed E-state index contributed by atoms with van der Waals surface area (Å²) in [5.41, 5.74) is -0.0427. The maximum Gasteiger partial charge on any atom is 0.416 e. The van der Waals surface area contributed by atoms with E-state index in [0.29, 0.717) is 31.4 Å². The molecular weight excluding hydrogens is 335 g/mol. The Hall–Kier alpha value is -2.05. The van der Waals surface area contributed by atoms with Crippen LogP contribution in [0.3, 0.4) is 0 Å². The average molecular weight is 357 g/mol. The molecule has 4 nitrogen and oxygen atoms in total. The normalized spacial score (nSPS) is 19.0. The molecule has 7 heteroatoms. The van der Waals surface area contributed by atoms with Crippen LogP contribution >= 0.6 is 0 Å². The van der Waals surface area contributed by atoms with E-state index in [2.05, 4.69) is 0 Å². The third-order valence-corrected chi connectivity index (χ3v) is 4.68. The van der Waals surface area contributed by atoms with Crippen molar-refractivity contribution in [2.75, 3.05) is 6.54 Å². The van der Waals surface area contributed by atoms with Gasteiger partial charge in [0.15, 0.2) is 0 Å². The summed E-state index contributed by atoms with van der Waals surface area (Å²) in [6, 6.07) is 4.56. The molecule has 2 atom stereocenters. The highest BCUT2D eigenvalue weighted by molar-refractivity contribution is 5.80. The van der Waals surface area contributed by atoms with Gasteiger partial charge in [0.05, 0.1) is 12.0 Å². The first-order valence-corrected chi connectivity index (χ1v) is 8.40. The second kappa shape index (κ2) is 7.89. The van der Waals surface area contributed by atoms with Crippen LogP contribution in [0, 0.1) is 5.92 Å². The minimum absolute atomic E-state index is 0.0670. The first-order chi connectivity index (χ1) is 11.7. The molecule has 138 valence electrons. The van der Waals surface area contributed by atoms with Gasteiger partial charge in [-0.3, -0.25) is 9.59 Å². The molecule has 1 N–H and O–H groups in total. The van der Waals surface area contributed by atoms with Crippen LogP contribution in [-0.4, -0.2) is 34.5 Å². The summed E-state index contributed by atoms with van der Waals surface area (Å²) in [5, 5.41) is 8.97. The Morgan fingerprint density at radius 2 is 1.92 bits per heavy atom. The number of likely N-dealkylation sites (tertiary alicyclic amines) is 1. The molecule has 0 aromatic heterocycles. The number of halogens is 3. The van der Waals surface area contributed by atoms with E-state index >= 15 is 0 Å². The minimum Gasteiger partial charge on any atom is -0.481 e. The van der Waals surface area contributed by atoms with Crippen LogP contribution in [0.2, 0.25) is 0 Å². The zero-order valence-corrected chi connectivity index (χ0v) is 14.1. The van der Waals surface area contributed by atoms with E-state index in [-0.39, 0.29) is 24.3 Å². The number of hydrogen-bond acceptors (Lipinski definition) is 2. The fraction of sp³-hybridized carbons (Fsp3) is 0.556. The molecule has 1 aliphatic rings. The molecular formula is C18H22F3NO3. The molecule has 1 aliphatic heterocycles. The van der Waals surface area contributed by atoms with Crippen LogP contribution in [0.1, 0.15) is 43.7 Å². The standard InChI is InChI=1S/C18H22F3NO3/c1-2-13(10-12-5-7-14(8-6-12)18(19,20)21)17(25)22-9-3-4-15(22)11-16(23)24/h5-8,13,15H,2-4,9-11H2,1H3,(H,23,24). The summed E-state index contributed by atoms with van der Waals surface area (Å²) in [6.45, 7) is 2.40. The van der Waals surface area contributed by atoms with Gasteiger partial charge >= 0.3 is 12.1 Å². The van der Waals surface area contributed by atoms with Crippen molar-refractivity contribution in [1.82, 2.24) is 4.90 Å². The van der Waals surface area contributed by atoms with Crippen molar-refractivity contribution in [2.45, 2.75) is 51.2 Å². The lowest BCUT2D eigenvalue weighted by atomic mass is 9.94. The van der Waals surface area contributed by atoms with Crippen molar-refractivity contribution in [1.29, 1.82) is 0 Å². The predicted molar refractivity (Wildman–Crippen MR) is 85.9 cm³/mol. The molecule has 2 rings (SSSR count). The Bertz CT molecular complexity index is 613. The molecule has 25 heavy (non-hydrogen) atoms. The fourth-order valence-electron chi connectivity index (χ4n) is 3.29. The van der Waals surface area contributed by atoms with Gasteiger partial charge in [-0.15, -0.1) is 0 Å². The van der Waals surface area contributed by atoms with Crippen LogP contribution < -0.4 is 0 Å². The van der Waals surface area contributed by atoms with Gasteiger partial charge in [-0.05, 0) is 43.4 Å². The first kappa shape index (κ1) is 19.3. The molecule has 1 fully saturated rings. The Labute approximate surface area is 144 Å². The lowest BCUT2D eigenvalue weighted by molar-refractivity contribution is -0.141. The molecule has 0 bridgehead atoms. The van der Waals surface area contributed by atoms with Crippen molar-refractivity contribution in [2.24, 2.45) is 5.92 Å². The summed E-state index contributed by atoms with van der Waals surface area (Å²) in [5.74, 6) is -1.39. The molecule has 0 saturated carbocycles. The minimum atomic E-state index is -4.38. The average Bonchev–Trinajstić information content (AvgIpc) is 2.98. The first-order valence-electron chi connectivity index (χ1n) is 8.40. The quantitative estimate of drug-likeness (QED) is 0.844. The molecule has 0 aliphatic carbocycles. The maximum absolute atomic E-state index is 12.8. The number of hydrogen-bond donors (Lipinski definition) is 1. The highest BCUT2D eigenvalue weighted by Gasteiger charge is 2.34. The number of benzene rings is 1. The lowest BCUT2D eigenvalue weighted by Crippen LogP contribution is -2.41. The summed E-state index contributed by atoms with van der Waals surface area (Å²) < 4.78 is 37.9. The van der Waals surface area contributed by atoms with Gasteiger partial charge in [0.1, 0.15) is 0 Å². The molecule has 0 spiro atoms. The predicted octanol–water partition coefficient (Wildman–Crippen LogP) is 3.74. The largest absolute Gasteiger partial charge is 0.481 e. The van der Waals surface area contributed by atoms with Crippen LogP contribution in [0.5, 0.6) is 0 Å². The Balaban J connectivity index is 2.06. The molecule has 1 heterocycles. The van der Waals surface area contributed by atoms with Crippen molar-refractivity contribution >= 4 is 11.9 Å². The van der Waals surface area contributed by atoms with Crippen molar-refractivity contribution in [3.63, 3.8) is 0 Å². The highest BCUT2D eigenvalue weighted by atomic mass is 19.4. The fourth-order valence-corrected chi connectivity index (χ4v) is 3.29. The molecule has 1 amide bonds. The number of nitrogens with zero attached hydrogens (tertiary/aromatic N) is 1. The zero-order chi connectivity index (χ0) is 18.6. The summed E-state index contributed by atoms with van der Waals surface area (Å²) in [7, 11) is 0. The van der Waals surface area contributed by atoms with Gasteiger partial charge < -0.3 is 10.0 Å². The number of aliphatic carboxylic acids is 1. The smallest absolute Gasteiger partial charge is 0.416 e. The Morgan fingerprint density at radius 1 is 1.28 bits per heavy atom. The third kappa shape index (κ3) is 4.96. The Morgan fingerprint density at radius 3 is 2.44 bits per heavy atom. The summed E-state index contributed by atoms with van der Waals surface area (Å²) >= 11 is 0. The summed E-state index contributed by atoms with van der Waals surface area (Å²) in [6.07, 6.45) is -2.09. The molecule has 1 aromatic rings. The monoisotopic (exact) mass is 357 g/mol. The van der Waals surface area contributed by atoms with Crippen molar-refractivity contribution in [3.8, 4) is 0 Å². The van der Waals surface area contributed by atoms with Crippen LogP contribution in [0.25, 0.3) is 0 Å². The number of amides is 1. The highest BCUT2D eigenvalue weighted by Crippen LogP contribution is 2.30. The number of carboxylic acids is 1. The van der Waals surface area contributed by atoms with E-state index in [1.807, 2.05) is 6.92 Å². The van der Waals surface area contributed by atoms with Gasteiger partial charge in [0.2, 0.25) is 5.91 Å². The third-order valence-electron chi connectivity index (χ3n) is 4.68. The topological polar surface area (TPSA) is 57.6 Å². The SMILES string of the molecule is CCC(Cc1ccc(C(F)(F)F)cc1)C(=O)N1CCCC1CC(=O)O. The lowest BCUT2D eigenvalue weighted by Gasteiger charge is -2.28. The number of carboxylic acid groups (broad SMARTS) is 1. The van der Waals surface area contributed by atoms with Crippen molar-refractivity contribution < 1.29 is 27.9 Å². The Kier molecular flexibility index (Phi) is 6.08. The maximum atomic E-state index is 12.8. The van der Waals surface area contributed by atoms with E-state index in [0.717, 1.165) is 18.6 Å². The van der Waals surface area contributed by atoms with Gasteiger partial charge in [-0.2, -0.15) is 13.2 Å². The summed E-state index contributed by atoms with van der Waals surface area (Å²) in [4.78, 5) is 25.3. The number of carbonyl (C=O) groups is 2.